The molecule has 1 aliphatic heterocycles. The van der Waals surface area contributed by atoms with Crippen molar-refractivity contribution < 1.29 is 23.7 Å². The van der Waals surface area contributed by atoms with Crippen LogP contribution in [0.3, 0.4) is 0 Å². The number of aldehydes is 1. The topological polar surface area (TPSA) is 54.0 Å². The maximum atomic E-state index is 11.6. The van der Waals surface area contributed by atoms with Crippen LogP contribution in [0.2, 0.25) is 0 Å². The van der Waals surface area contributed by atoms with Gasteiger partial charge in [0.25, 0.3) is 0 Å². The van der Waals surface area contributed by atoms with Gasteiger partial charge >= 0.3 is 0 Å². The van der Waals surface area contributed by atoms with Crippen LogP contribution in [0.15, 0.2) is 24.3 Å². The van der Waals surface area contributed by atoms with Gasteiger partial charge in [0.15, 0.2) is 12.6 Å². The summed E-state index contributed by atoms with van der Waals surface area (Å²) in [6, 6.07) is 7.61. The molecule has 5 nitrogen and oxygen atoms in total. The number of ether oxygens (including phenoxy) is 4. The Morgan fingerprint density at radius 2 is 1.62 bits per heavy atom. The zero-order valence-electron chi connectivity index (χ0n) is 11.9. The van der Waals surface area contributed by atoms with Crippen molar-refractivity contribution >= 4 is 17.1 Å². The van der Waals surface area contributed by atoms with Crippen LogP contribution in [0, 0.1) is 0 Å². The predicted octanol–water partition coefficient (Wildman–Crippen LogP) is 2.71. The summed E-state index contributed by atoms with van der Waals surface area (Å²) in [5.41, 5.74) is 0.987. The number of benzene rings is 2. The molecule has 2 aromatic rings. The van der Waals surface area contributed by atoms with E-state index in [1.807, 2.05) is 24.3 Å². The molecule has 0 aliphatic carbocycles. The first-order chi connectivity index (χ1) is 10.3. The van der Waals surface area contributed by atoms with Gasteiger partial charge in [-0.05, 0) is 0 Å². The lowest BCUT2D eigenvalue weighted by Gasteiger charge is -2.20. The Bertz CT molecular complexity index is 674. The third-order valence-corrected chi connectivity index (χ3v) is 3.58. The number of carbonyl (C=O) groups excluding carboxylic acids is 1. The van der Waals surface area contributed by atoms with E-state index in [1.54, 1.807) is 14.2 Å². The molecule has 0 N–H and O–H groups in total. The maximum Gasteiger partial charge on any atom is 0.188 e. The molecule has 0 bridgehead atoms. The average molecular weight is 288 g/mol. The highest BCUT2D eigenvalue weighted by molar-refractivity contribution is 6.02. The molecule has 0 radical (unpaired) electrons. The van der Waals surface area contributed by atoms with Crippen molar-refractivity contribution in [1.29, 1.82) is 0 Å². The third-order valence-electron chi connectivity index (χ3n) is 3.58. The fourth-order valence-corrected chi connectivity index (χ4v) is 2.73. The summed E-state index contributed by atoms with van der Waals surface area (Å²) in [6.07, 6.45) is 0.146. The van der Waals surface area contributed by atoms with Crippen LogP contribution < -0.4 is 9.47 Å². The second-order valence-electron chi connectivity index (χ2n) is 4.63. The lowest BCUT2D eigenvalue weighted by molar-refractivity contribution is -0.0457. The molecule has 1 saturated heterocycles. The molecule has 1 heterocycles. The Labute approximate surface area is 122 Å². The van der Waals surface area contributed by atoms with Crippen LogP contribution in [-0.4, -0.2) is 33.7 Å². The molecular formula is C16H16O5. The minimum Gasteiger partial charge on any atom is -0.496 e. The highest BCUT2D eigenvalue weighted by Gasteiger charge is 2.30. The summed E-state index contributed by atoms with van der Waals surface area (Å²) in [7, 11) is 3.11. The molecule has 3 rings (SSSR count). The Hall–Kier alpha value is -2.11. The second-order valence-corrected chi connectivity index (χ2v) is 4.63. The molecule has 0 spiro atoms. The van der Waals surface area contributed by atoms with Crippen LogP contribution in [0.5, 0.6) is 11.5 Å². The van der Waals surface area contributed by atoms with Crippen molar-refractivity contribution in [2.75, 3.05) is 27.4 Å². The first-order valence-corrected chi connectivity index (χ1v) is 6.66. The number of rotatable bonds is 4. The smallest absolute Gasteiger partial charge is 0.188 e. The molecule has 2 aromatic carbocycles. The summed E-state index contributed by atoms with van der Waals surface area (Å²) in [5, 5.41) is 1.68. The molecule has 0 saturated carbocycles. The minimum absolute atomic E-state index is 0.403. The standard InChI is InChI=1S/C16H16O5/c1-18-14-10-5-3-4-6-11(10)15(19-2)13(12(14)9-17)16-20-7-8-21-16/h3-6,9,16H,7-8H2,1-2H3. The van der Waals surface area contributed by atoms with Crippen LogP contribution in [0.25, 0.3) is 10.8 Å². The fourth-order valence-electron chi connectivity index (χ4n) is 2.73. The number of hydrogen-bond acceptors (Lipinski definition) is 5. The molecule has 0 unspecified atom stereocenters. The molecule has 21 heavy (non-hydrogen) atoms. The zero-order valence-corrected chi connectivity index (χ0v) is 11.9. The van der Waals surface area contributed by atoms with E-state index >= 15 is 0 Å². The van der Waals surface area contributed by atoms with E-state index in [4.69, 9.17) is 18.9 Å². The molecule has 0 atom stereocenters. The largest absolute Gasteiger partial charge is 0.496 e. The number of hydrogen-bond donors (Lipinski definition) is 0. The third kappa shape index (κ3) is 2.14. The lowest BCUT2D eigenvalue weighted by Crippen LogP contribution is -2.08. The van der Waals surface area contributed by atoms with Gasteiger partial charge in [-0.2, -0.15) is 0 Å². The van der Waals surface area contributed by atoms with Gasteiger partial charge in [-0.15, -0.1) is 0 Å². The van der Waals surface area contributed by atoms with Crippen molar-refractivity contribution in [1.82, 2.24) is 0 Å². The van der Waals surface area contributed by atoms with Crippen LogP contribution in [0.4, 0.5) is 0 Å². The van der Waals surface area contributed by atoms with Crippen LogP contribution in [0.1, 0.15) is 22.2 Å². The van der Waals surface area contributed by atoms with Gasteiger partial charge in [-0.3, -0.25) is 4.79 Å². The van der Waals surface area contributed by atoms with E-state index < -0.39 is 6.29 Å². The van der Waals surface area contributed by atoms with E-state index in [-0.39, 0.29) is 0 Å². The summed E-state index contributed by atoms with van der Waals surface area (Å²) in [6.45, 7) is 0.975. The van der Waals surface area contributed by atoms with E-state index in [1.165, 1.54) is 0 Å². The first-order valence-electron chi connectivity index (χ1n) is 6.66. The lowest BCUT2D eigenvalue weighted by atomic mass is 9.97. The molecule has 0 amide bonds. The van der Waals surface area contributed by atoms with Gasteiger partial charge in [-0.25, -0.2) is 0 Å². The maximum absolute atomic E-state index is 11.6. The van der Waals surface area contributed by atoms with Gasteiger partial charge in [0, 0.05) is 10.8 Å². The Kier molecular flexibility index (Phi) is 3.77. The normalized spacial score (nSPS) is 15.3. The van der Waals surface area contributed by atoms with E-state index in [9.17, 15) is 4.79 Å². The van der Waals surface area contributed by atoms with E-state index in [0.717, 1.165) is 17.1 Å². The van der Waals surface area contributed by atoms with Crippen LogP contribution >= 0.6 is 0 Å². The number of fused-ring (bicyclic) bond motifs is 1. The molecular weight excluding hydrogens is 272 g/mol. The highest BCUT2D eigenvalue weighted by atomic mass is 16.7. The van der Waals surface area contributed by atoms with Gasteiger partial charge in [0.05, 0.1) is 38.6 Å². The second kappa shape index (κ2) is 5.71. The molecule has 0 aromatic heterocycles. The fraction of sp³-hybridized carbons (Fsp3) is 0.312. The van der Waals surface area contributed by atoms with Crippen molar-refractivity contribution in [3.05, 3.63) is 35.4 Å². The van der Waals surface area contributed by atoms with Gasteiger partial charge in [0.1, 0.15) is 11.5 Å². The zero-order chi connectivity index (χ0) is 14.8. The summed E-state index contributed by atoms with van der Waals surface area (Å²) < 4.78 is 22.1. The van der Waals surface area contributed by atoms with Gasteiger partial charge < -0.3 is 18.9 Å². The Morgan fingerprint density at radius 1 is 1.05 bits per heavy atom. The Balaban J connectivity index is 2.39. The summed E-state index contributed by atoms with van der Waals surface area (Å²) in [4.78, 5) is 11.6. The van der Waals surface area contributed by atoms with Crippen molar-refractivity contribution in [2.45, 2.75) is 6.29 Å². The number of carbonyl (C=O) groups is 1. The van der Waals surface area contributed by atoms with Gasteiger partial charge in [0.2, 0.25) is 0 Å². The molecule has 5 heteroatoms. The summed E-state index contributed by atoms with van der Waals surface area (Å²) >= 11 is 0. The molecule has 1 aliphatic rings. The van der Waals surface area contributed by atoms with E-state index in [0.29, 0.717) is 35.8 Å². The van der Waals surface area contributed by atoms with E-state index in [2.05, 4.69) is 0 Å². The highest BCUT2D eigenvalue weighted by Crippen LogP contribution is 2.44. The SMILES string of the molecule is COc1c(C=O)c(C2OCCO2)c(OC)c2ccccc12. The first kappa shape index (κ1) is 13.9. The quantitative estimate of drug-likeness (QED) is 0.810. The molecule has 1 fully saturated rings. The van der Waals surface area contributed by atoms with Crippen molar-refractivity contribution in [3.8, 4) is 11.5 Å². The minimum atomic E-state index is -0.612. The van der Waals surface area contributed by atoms with Crippen molar-refractivity contribution in [2.24, 2.45) is 0 Å². The summed E-state index contributed by atoms with van der Waals surface area (Å²) in [5.74, 6) is 1.09. The predicted molar refractivity (Wildman–Crippen MR) is 77.1 cm³/mol. The van der Waals surface area contributed by atoms with Gasteiger partial charge in [-0.1, -0.05) is 24.3 Å². The number of methoxy groups -OCH3 is 2. The monoisotopic (exact) mass is 288 g/mol. The Morgan fingerprint density at radius 3 is 2.14 bits per heavy atom. The average Bonchev–Trinajstić information content (AvgIpc) is 3.06. The molecule has 110 valence electrons. The van der Waals surface area contributed by atoms with Crippen molar-refractivity contribution in [3.63, 3.8) is 0 Å². The van der Waals surface area contributed by atoms with Crippen LogP contribution in [-0.2, 0) is 9.47 Å².